The molecule has 0 aliphatic carbocycles. The maximum Gasteiger partial charge on any atom is 0.152 e. The molecule has 3 aromatic rings. The lowest BCUT2D eigenvalue weighted by atomic mass is 10.0. The molecule has 3 rings (SSSR count). The van der Waals surface area contributed by atoms with Crippen LogP contribution < -0.4 is 5.73 Å². The number of hydrogen-bond acceptors (Lipinski definition) is 2. The Balaban J connectivity index is 2.07. The van der Waals surface area contributed by atoms with Crippen LogP contribution in [0.3, 0.4) is 0 Å². The summed E-state index contributed by atoms with van der Waals surface area (Å²) in [6.07, 6.45) is 0. The summed E-state index contributed by atoms with van der Waals surface area (Å²) in [4.78, 5) is 0. The van der Waals surface area contributed by atoms with E-state index in [0.717, 1.165) is 11.5 Å². The van der Waals surface area contributed by atoms with Crippen LogP contribution >= 0.6 is 11.6 Å². The van der Waals surface area contributed by atoms with Crippen LogP contribution in [0.25, 0.3) is 11.0 Å². The van der Waals surface area contributed by atoms with Crippen molar-refractivity contribution in [2.45, 2.75) is 6.04 Å². The Labute approximate surface area is 118 Å². The van der Waals surface area contributed by atoms with Crippen molar-refractivity contribution < 1.29 is 13.2 Å². The summed E-state index contributed by atoms with van der Waals surface area (Å²) >= 11 is 6.02. The minimum atomic E-state index is -0.760. The van der Waals surface area contributed by atoms with Crippen molar-refractivity contribution in [2.75, 3.05) is 0 Å². The van der Waals surface area contributed by atoms with E-state index in [0.29, 0.717) is 21.9 Å². The molecule has 20 heavy (non-hydrogen) atoms. The molecule has 2 N–H and O–H groups in total. The highest BCUT2D eigenvalue weighted by molar-refractivity contribution is 6.34. The van der Waals surface area contributed by atoms with E-state index in [1.165, 1.54) is 12.1 Å². The predicted octanol–water partition coefficient (Wildman–Crippen LogP) is 4.41. The molecule has 0 aliphatic heterocycles. The third-order valence-electron chi connectivity index (χ3n) is 3.07. The second kappa shape index (κ2) is 4.89. The van der Waals surface area contributed by atoms with Crippen molar-refractivity contribution in [1.29, 1.82) is 0 Å². The summed E-state index contributed by atoms with van der Waals surface area (Å²) < 4.78 is 32.0. The van der Waals surface area contributed by atoms with Gasteiger partial charge in [-0.15, -0.1) is 0 Å². The van der Waals surface area contributed by atoms with E-state index in [1.807, 2.05) is 6.07 Å². The predicted molar refractivity (Wildman–Crippen MR) is 73.6 cm³/mol. The second-order valence-electron chi connectivity index (χ2n) is 4.49. The Morgan fingerprint density at radius 3 is 2.40 bits per heavy atom. The Morgan fingerprint density at radius 1 is 1.05 bits per heavy atom. The van der Waals surface area contributed by atoms with E-state index in [2.05, 4.69) is 0 Å². The summed E-state index contributed by atoms with van der Waals surface area (Å²) in [5.41, 5.74) is 6.81. The van der Waals surface area contributed by atoms with Crippen LogP contribution in [0.15, 0.2) is 46.9 Å². The SMILES string of the molecule is NC(c1cc(F)cc(F)c1)c1cc2cccc(Cl)c2o1. The Kier molecular flexibility index (Phi) is 3.20. The number of para-hydroxylation sites is 1. The van der Waals surface area contributed by atoms with Gasteiger partial charge in [-0.2, -0.15) is 0 Å². The van der Waals surface area contributed by atoms with E-state index in [9.17, 15) is 8.78 Å². The first-order valence-electron chi connectivity index (χ1n) is 5.94. The topological polar surface area (TPSA) is 39.2 Å². The van der Waals surface area contributed by atoms with E-state index in [4.69, 9.17) is 21.8 Å². The summed E-state index contributed by atoms with van der Waals surface area (Å²) in [6, 6.07) is 9.43. The van der Waals surface area contributed by atoms with Gasteiger partial charge in [0, 0.05) is 11.5 Å². The first-order valence-corrected chi connectivity index (χ1v) is 6.32. The normalized spacial score (nSPS) is 12.8. The fraction of sp³-hybridized carbons (Fsp3) is 0.0667. The molecule has 0 spiro atoms. The summed E-state index contributed by atoms with van der Waals surface area (Å²) in [7, 11) is 0. The molecule has 2 aromatic carbocycles. The molecule has 0 saturated heterocycles. The van der Waals surface area contributed by atoms with Crippen molar-refractivity contribution in [2.24, 2.45) is 5.73 Å². The fourth-order valence-electron chi connectivity index (χ4n) is 2.12. The molecule has 1 aromatic heterocycles. The highest BCUT2D eigenvalue weighted by atomic mass is 35.5. The molecule has 0 saturated carbocycles. The first kappa shape index (κ1) is 13.1. The standard InChI is InChI=1S/C15H10ClF2NO/c16-12-3-1-2-8-6-13(20-15(8)12)14(19)9-4-10(17)7-11(18)5-9/h1-7,14H,19H2. The zero-order valence-corrected chi connectivity index (χ0v) is 11.0. The van der Waals surface area contributed by atoms with Gasteiger partial charge in [0.2, 0.25) is 0 Å². The monoisotopic (exact) mass is 293 g/mol. The van der Waals surface area contributed by atoms with Gasteiger partial charge < -0.3 is 10.2 Å². The van der Waals surface area contributed by atoms with Crippen LogP contribution in [-0.4, -0.2) is 0 Å². The smallest absolute Gasteiger partial charge is 0.152 e. The molecule has 0 amide bonds. The van der Waals surface area contributed by atoms with Crippen LogP contribution in [0.4, 0.5) is 8.78 Å². The van der Waals surface area contributed by atoms with Crippen molar-refractivity contribution in [3.63, 3.8) is 0 Å². The lowest BCUT2D eigenvalue weighted by molar-refractivity contribution is 0.519. The maximum atomic E-state index is 13.2. The van der Waals surface area contributed by atoms with Gasteiger partial charge in [0.05, 0.1) is 11.1 Å². The fourth-order valence-corrected chi connectivity index (χ4v) is 2.34. The maximum absolute atomic E-state index is 13.2. The molecule has 0 fully saturated rings. The lowest BCUT2D eigenvalue weighted by Gasteiger charge is -2.09. The van der Waals surface area contributed by atoms with E-state index >= 15 is 0 Å². The van der Waals surface area contributed by atoms with Gasteiger partial charge in [-0.3, -0.25) is 0 Å². The molecule has 0 radical (unpaired) electrons. The van der Waals surface area contributed by atoms with Crippen molar-refractivity contribution >= 4 is 22.6 Å². The number of rotatable bonds is 2. The molecule has 2 nitrogen and oxygen atoms in total. The highest BCUT2D eigenvalue weighted by Gasteiger charge is 2.17. The number of fused-ring (bicyclic) bond motifs is 1. The average molecular weight is 294 g/mol. The van der Waals surface area contributed by atoms with E-state index < -0.39 is 17.7 Å². The van der Waals surface area contributed by atoms with Crippen LogP contribution in [0.1, 0.15) is 17.4 Å². The minimum absolute atomic E-state index is 0.303. The lowest BCUT2D eigenvalue weighted by Crippen LogP contribution is -2.11. The number of nitrogens with two attached hydrogens (primary N) is 1. The zero-order valence-electron chi connectivity index (χ0n) is 10.2. The zero-order chi connectivity index (χ0) is 14.3. The van der Waals surface area contributed by atoms with Gasteiger partial charge in [-0.25, -0.2) is 8.78 Å². The number of benzene rings is 2. The molecule has 1 heterocycles. The molecule has 1 unspecified atom stereocenters. The Morgan fingerprint density at radius 2 is 1.75 bits per heavy atom. The second-order valence-corrected chi connectivity index (χ2v) is 4.89. The number of furan rings is 1. The van der Waals surface area contributed by atoms with Crippen LogP contribution in [-0.2, 0) is 0 Å². The molecule has 0 bridgehead atoms. The Hall–Kier alpha value is -1.91. The average Bonchev–Trinajstić information content (AvgIpc) is 2.82. The van der Waals surface area contributed by atoms with Crippen LogP contribution in [0.2, 0.25) is 5.02 Å². The third kappa shape index (κ3) is 2.28. The molecule has 5 heteroatoms. The van der Waals surface area contributed by atoms with Crippen molar-refractivity contribution in [3.05, 3.63) is 70.4 Å². The molecular weight excluding hydrogens is 284 g/mol. The minimum Gasteiger partial charge on any atom is -0.457 e. The number of hydrogen-bond donors (Lipinski definition) is 1. The third-order valence-corrected chi connectivity index (χ3v) is 3.36. The van der Waals surface area contributed by atoms with Crippen molar-refractivity contribution in [1.82, 2.24) is 0 Å². The Bertz CT molecular complexity index is 764. The van der Waals surface area contributed by atoms with Gasteiger partial charge in [0.1, 0.15) is 17.4 Å². The molecule has 1 atom stereocenters. The molecule has 0 aliphatic rings. The summed E-state index contributed by atoms with van der Waals surface area (Å²) in [5.74, 6) is -0.952. The van der Waals surface area contributed by atoms with Gasteiger partial charge in [0.15, 0.2) is 5.58 Å². The van der Waals surface area contributed by atoms with Gasteiger partial charge in [0.25, 0.3) is 0 Å². The van der Waals surface area contributed by atoms with Crippen LogP contribution in [0, 0.1) is 11.6 Å². The first-order chi connectivity index (χ1) is 9.54. The summed E-state index contributed by atoms with van der Waals surface area (Å²) in [6.45, 7) is 0. The van der Waals surface area contributed by atoms with Gasteiger partial charge in [-0.1, -0.05) is 23.7 Å². The van der Waals surface area contributed by atoms with Gasteiger partial charge in [-0.05, 0) is 29.8 Å². The molecular formula is C15H10ClF2NO. The quantitative estimate of drug-likeness (QED) is 0.760. The van der Waals surface area contributed by atoms with Crippen LogP contribution in [0.5, 0.6) is 0 Å². The van der Waals surface area contributed by atoms with E-state index in [-0.39, 0.29) is 0 Å². The van der Waals surface area contributed by atoms with E-state index in [1.54, 1.807) is 18.2 Å². The van der Waals surface area contributed by atoms with Crippen molar-refractivity contribution in [3.8, 4) is 0 Å². The van der Waals surface area contributed by atoms with Gasteiger partial charge >= 0.3 is 0 Å². The molecule has 102 valence electrons. The highest BCUT2D eigenvalue weighted by Crippen LogP contribution is 2.31. The largest absolute Gasteiger partial charge is 0.457 e. The number of halogens is 3. The summed E-state index contributed by atoms with van der Waals surface area (Å²) in [5, 5.41) is 1.26.